The van der Waals surface area contributed by atoms with Gasteiger partial charge in [-0.15, -0.1) is 0 Å². The molecule has 1 aromatic heterocycles. The van der Waals surface area contributed by atoms with Gasteiger partial charge < -0.3 is 14.8 Å². The van der Waals surface area contributed by atoms with Crippen LogP contribution in [0.1, 0.15) is 50.6 Å². The maximum absolute atomic E-state index is 12.4. The quantitative estimate of drug-likeness (QED) is 0.844. The van der Waals surface area contributed by atoms with Gasteiger partial charge in [0.05, 0.1) is 0 Å². The van der Waals surface area contributed by atoms with E-state index in [4.69, 9.17) is 0 Å². The summed E-state index contributed by atoms with van der Waals surface area (Å²) in [5, 5.41) is 3.08. The van der Waals surface area contributed by atoms with Crippen LogP contribution in [-0.2, 0) is 6.54 Å². The van der Waals surface area contributed by atoms with Crippen molar-refractivity contribution in [3.05, 3.63) is 34.2 Å². The third-order valence-electron chi connectivity index (χ3n) is 5.61. The van der Waals surface area contributed by atoms with Gasteiger partial charge in [-0.1, -0.05) is 12.5 Å². The van der Waals surface area contributed by atoms with E-state index in [-0.39, 0.29) is 11.6 Å². The number of hydrogen-bond acceptors (Lipinski definition) is 2. The number of unbranched alkanes of at least 4 members (excludes halogenated alkanes) is 1. The van der Waals surface area contributed by atoms with Gasteiger partial charge in [-0.3, -0.25) is 4.79 Å². The number of carbonyl (C=O) groups excluding carboxylic acids is 1. The summed E-state index contributed by atoms with van der Waals surface area (Å²) in [5.74, 6) is 0.734. The van der Waals surface area contributed by atoms with Gasteiger partial charge in [0.25, 0.3) is 5.56 Å². The molecular formula is C19H29N3O2. The second-order valence-electron chi connectivity index (χ2n) is 7.19. The number of hydrogen-bond donors (Lipinski definition) is 1. The number of amides is 2. The highest BCUT2D eigenvalue weighted by atomic mass is 16.2. The molecule has 3 rings (SSSR count). The number of carbonyl (C=O) groups is 1. The molecule has 2 heterocycles. The zero-order valence-corrected chi connectivity index (χ0v) is 14.7. The SMILES string of the molecule is Cc1cccc(=O)n1CCCCNC(=O)N1CCC[C@@H]2CCC[C@@H]21. The van der Waals surface area contributed by atoms with Crippen molar-refractivity contribution in [1.82, 2.24) is 14.8 Å². The van der Waals surface area contributed by atoms with Crippen LogP contribution in [0.4, 0.5) is 4.79 Å². The van der Waals surface area contributed by atoms with Gasteiger partial charge in [-0.2, -0.15) is 0 Å². The number of aromatic nitrogens is 1. The predicted octanol–water partition coefficient (Wildman–Crippen LogP) is 2.91. The van der Waals surface area contributed by atoms with Crippen LogP contribution in [-0.4, -0.2) is 34.6 Å². The lowest BCUT2D eigenvalue weighted by atomic mass is 9.92. The smallest absolute Gasteiger partial charge is 0.317 e. The Labute approximate surface area is 144 Å². The molecule has 1 aromatic rings. The third-order valence-corrected chi connectivity index (χ3v) is 5.61. The van der Waals surface area contributed by atoms with Crippen LogP contribution in [0.2, 0.25) is 0 Å². The minimum Gasteiger partial charge on any atom is -0.338 e. The molecule has 1 saturated carbocycles. The molecule has 2 amide bonds. The lowest BCUT2D eigenvalue weighted by Gasteiger charge is -2.37. The maximum atomic E-state index is 12.4. The van der Waals surface area contributed by atoms with Crippen molar-refractivity contribution in [1.29, 1.82) is 0 Å². The average molecular weight is 331 g/mol. The number of aryl methyl sites for hydroxylation is 1. The molecule has 2 atom stereocenters. The summed E-state index contributed by atoms with van der Waals surface area (Å²) < 4.78 is 1.80. The Hall–Kier alpha value is -1.78. The zero-order valence-electron chi connectivity index (χ0n) is 14.7. The molecule has 1 saturated heterocycles. The van der Waals surface area contributed by atoms with Crippen molar-refractivity contribution in [3.8, 4) is 0 Å². The lowest BCUT2D eigenvalue weighted by molar-refractivity contribution is 0.128. The minimum atomic E-state index is 0.0552. The number of piperidine rings is 1. The van der Waals surface area contributed by atoms with E-state index in [9.17, 15) is 9.59 Å². The van der Waals surface area contributed by atoms with Gasteiger partial charge in [0.15, 0.2) is 0 Å². The third kappa shape index (κ3) is 3.82. The predicted molar refractivity (Wildman–Crippen MR) is 95.1 cm³/mol. The number of pyridine rings is 1. The molecule has 0 aromatic carbocycles. The molecule has 2 aliphatic rings. The average Bonchev–Trinajstić information content (AvgIpc) is 3.05. The molecule has 0 radical (unpaired) electrons. The number of nitrogens with one attached hydrogen (secondary N) is 1. The molecule has 0 bridgehead atoms. The first-order valence-electron chi connectivity index (χ1n) is 9.38. The Kier molecular flexibility index (Phi) is 5.59. The van der Waals surface area contributed by atoms with Gasteiger partial charge in [0.2, 0.25) is 0 Å². The summed E-state index contributed by atoms with van der Waals surface area (Å²) in [6, 6.07) is 5.94. The Morgan fingerprint density at radius 3 is 2.88 bits per heavy atom. The van der Waals surface area contributed by atoms with E-state index in [1.54, 1.807) is 16.7 Å². The fourth-order valence-electron chi connectivity index (χ4n) is 4.31. The molecule has 24 heavy (non-hydrogen) atoms. The fourth-order valence-corrected chi connectivity index (χ4v) is 4.31. The zero-order chi connectivity index (χ0) is 16.9. The number of rotatable bonds is 5. The number of nitrogens with zero attached hydrogens (tertiary/aromatic N) is 2. The summed E-state index contributed by atoms with van der Waals surface area (Å²) in [6.07, 6.45) is 7.97. The van der Waals surface area contributed by atoms with Crippen LogP contribution in [0, 0.1) is 12.8 Å². The maximum Gasteiger partial charge on any atom is 0.317 e. The van der Waals surface area contributed by atoms with Crippen LogP contribution in [0.3, 0.4) is 0 Å². The van der Waals surface area contributed by atoms with Crippen LogP contribution in [0.25, 0.3) is 0 Å². The normalized spacial score (nSPS) is 23.1. The standard InChI is InChI=1S/C19H29N3O2/c1-15-7-4-11-18(23)21(15)13-3-2-12-20-19(24)22-14-6-9-16-8-5-10-17(16)22/h4,7,11,16-17H,2-3,5-6,8-10,12-14H2,1H3,(H,20,24)/t16-,17-/m0/s1. The van der Waals surface area contributed by atoms with Crippen LogP contribution in [0.15, 0.2) is 23.0 Å². The summed E-state index contributed by atoms with van der Waals surface area (Å²) in [7, 11) is 0. The number of urea groups is 1. The lowest BCUT2D eigenvalue weighted by Crippen LogP contribution is -2.50. The van der Waals surface area contributed by atoms with Crippen molar-refractivity contribution in [3.63, 3.8) is 0 Å². The Morgan fingerprint density at radius 1 is 1.21 bits per heavy atom. The monoisotopic (exact) mass is 331 g/mol. The van der Waals surface area contributed by atoms with Gasteiger partial charge >= 0.3 is 6.03 Å². The van der Waals surface area contributed by atoms with Crippen molar-refractivity contribution in [2.45, 2.75) is 64.5 Å². The van der Waals surface area contributed by atoms with Crippen LogP contribution in [0.5, 0.6) is 0 Å². The van der Waals surface area contributed by atoms with Gasteiger partial charge in [-0.25, -0.2) is 4.79 Å². The van der Waals surface area contributed by atoms with Crippen LogP contribution < -0.4 is 10.9 Å². The Bertz CT molecular complexity index is 625. The first-order valence-corrected chi connectivity index (χ1v) is 9.38. The highest BCUT2D eigenvalue weighted by Gasteiger charge is 2.37. The Balaban J connectivity index is 1.40. The molecule has 1 aliphatic heterocycles. The van der Waals surface area contributed by atoms with Crippen molar-refractivity contribution in [2.24, 2.45) is 5.92 Å². The van der Waals surface area contributed by atoms with Gasteiger partial charge in [-0.05, 0) is 57.4 Å². The Morgan fingerprint density at radius 2 is 2.04 bits per heavy atom. The molecular weight excluding hydrogens is 302 g/mol. The van der Waals surface area contributed by atoms with Crippen LogP contribution >= 0.6 is 0 Å². The van der Waals surface area contributed by atoms with E-state index in [2.05, 4.69) is 10.2 Å². The molecule has 1 N–H and O–H groups in total. The summed E-state index contributed by atoms with van der Waals surface area (Å²) in [6.45, 7) is 4.27. The summed E-state index contributed by atoms with van der Waals surface area (Å²) >= 11 is 0. The van der Waals surface area contributed by atoms with Crippen molar-refractivity contribution in [2.75, 3.05) is 13.1 Å². The van der Waals surface area contributed by atoms with E-state index < -0.39 is 0 Å². The number of likely N-dealkylation sites (tertiary alicyclic amines) is 1. The number of fused-ring (bicyclic) bond motifs is 1. The second-order valence-corrected chi connectivity index (χ2v) is 7.19. The van der Waals surface area contributed by atoms with Crippen molar-refractivity contribution >= 4 is 6.03 Å². The molecule has 1 aliphatic carbocycles. The summed E-state index contributed by atoms with van der Waals surface area (Å²) in [5.41, 5.74) is 1.05. The first-order chi connectivity index (χ1) is 11.7. The van der Waals surface area contributed by atoms with E-state index >= 15 is 0 Å². The molecule has 0 spiro atoms. The second kappa shape index (κ2) is 7.86. The fraction of sp³-hybridized carbons (Fsp3) is 0.684. The topological polar surface area (TPSA) is 54.3 Å². The molecule has 5 nitrogen and oxygen atoms in total. The van der Waals surface area contributed by atoms with E-state index in [0.717, 1.165) is 44.0 Å². The van der Waals surface area contributed by atoms with Gasteiger partial charge in [0, 0.05) is 37.4 Å². The highest BCUT2D eigenvalue weighted by molar-refractivity contribution is 5.74. The van der Waals surface area contributed by atoms with E-state index in [1.807, 2.05) is 13.0 Å². The molecule has 5 heteroatoms. The van der Waals surface area contributed by atoms with Crippen molar-refractivity contribution < 1.29 is 4.79 Å². The molecule has 2 fully saturated rings. The van der Waals surface area contributed by atoms with E-state index in [1.165, 1.54) is 25.7 Å². The molecule has 132 valence electrons. The largest absolute Gasteiger partial charge is 0.338 e. The minimum absolute atomic E-state index is 0.0552. The highest BCUT2D eigenvalue weighted by Crippen LogP contribution is 2.36. The first kappa shape index (κ1) is 17.1. The molecule has 0 unspecified atom stereocenters. The summed E-state index contributed by atoms with van der Waals surface area (Å²) in [4.78, 5) is 26.3. The van der Waals surface area contributed by atoms with Gasteiger partial charge in [0.1, 0.15) is 0 Å². The van der Waals surface area contributed by atoms with E-state index in [0.29, 0.717) is 12.6 Å².